The van der Waals surface area contributed by atoms with Crippen molar-refractivity contribution < 1.29 is 26.4 Å². The van der Waals surface area contributed by atoms with E-state index >= 15 is 0 Å². The van der Waals surface area contributed by atoms with Crippen LogP contribution in [-0.2, 0) is 16.2 Å². The molecule has 1 aliphatic rings. The summed E-state index contributed by atoms with van der Waals surface area (Å²) in [4.78, 5) is 13.0. The molecule has 1 heterocycles. The molecular weight excluding hydrogens is 457 g/mol. The van der Waals surface area contributed by atoms with E-state index in [-0.39, 0.29) is 22.1 Å². The molecule has 0 bridgehead atoms. The molecule has 33 heavy (non-hydrogen) atoms. The maximum absolute atomic E-state index is 13.1. The lowest BCUT2D eigenvalue weighted by atomic mass is 10.1. The normalized spacial score (nSPS) is 14.5. The van der Waals surface area contributed by atoms with Crippen molar-refractivity contribution in [2.24, 2.45) is 0 Å². The third-order valence-corrected chi connectivity index (χ3v) is 7.15. The van der Waals surface area contributed by atoms with Gasteiger partial charge in [0.2, 0.25) is 10.0 Å². The van der Waals surface area contributed by atoms with Crippen molar-refractivity contribution in [3.05, 3.63) is 71.5 Å². The van der Waals surface area contributed by atoms with Crippen LogP contribution >= 0.6 is 0 Å². The number of rotatable bonds is 6. The summed E-state index contributed by atoms with van der Waals surface area (Å²) in [6.45, 7) is 0. The molecule has 0 atom stereocenters. The van der Waals surface area contributed by atoms with E-state index in [0.717, 1.165) is 29.3 Å². The summed E-state index contributed by atoms with van der Waals surface area (Å²) in [5.41, 5.74) is 0.629. The summed E-state index contributed by atoms with van der Waals surface area (Å²) in [6.07, 6.45) is -1.53. The summed E-state index contributed by atoms with van der Waals surface area (Å²) in [7, 11) is -0.752. The monoisotopic (exact) mass is 478 g/mol. The van der Waals surface area contributed by atoms with E-state index < -0.39 is 27.7 Å². The van der Waals surface area contributed by atoms with Gasteiger partial charge in [0.1, 0.15) is 0 Å². The van der Waals surface area contributed by atoms with Crippen LogP contribution in [0.5, 0.6) is 0 Å². The van der Waals surface area contributed by atoms with Gasteiger partial charge in [-0.1, -0.05) is 6.07 Å². The second-order valence-corrected chi connectivity index (χ2v) is 10.1. The van der Waals surface area contributed by atoms with Crippen LogP contribution in [0.3, 0.4) is 0 Å². The molecule has 3 aromatic rings. The highest BCUT2D eigenvalue weighted by Crippen LogP contribution is 2.43. The molecule has 174 valence electrons. The molecule has 1 fully saturated rings. The number of amides is 1. The molecule has 0 radical (unpaired) electrons. The van der Waals surface area contributed by atoms with Gasteiger partial charge in [0, 0.05) is 25.7 Å². The minimum Gasteiger partial charge on any atom is -0.322 e. The lowest BCUT2D eigenvalue weighted by Gasteiger charge is -2.13. The summed E-state index contributed by atoms with van der Waals surface area (Å²) in [6, 6.07) is 10.5. The molecule has 7 nitrogen and oxygen atoms in total. The Labute approximate surface area is 188 Å². The van der Waals surface area contributed by atoms with Gasteiger partial charge in [0.15, 0.2) is 0 Å². The lowest BCUT2D eigenvalue weighted by Crippen LogP contribution is -2.22. The Bertz CT molecular complexity index is 1300. The van der Waals surface area contributed by atoms with Crippen LogP contribution < -0.4 is 5.32 Å². The van der Waals surface area contributed by atoms with Gasteiger partial charge >= 0.3 is 6.18 Å². The second-order valence-electron chi connectivity index (χ2n) is 7.94. The molecule has 2 aromatic carbocycles. The average molecular weight is 478 g/mol. The van der Waals surface area contributed by atoms with Gasteiger partial charge in [0.25, 0.3) is 5.91 Å². The maximum atomic E-state index is 13.1. The number of benzene rings is 2. The zero-order valence-electron chi connectivity index (χ0n) is 17.8. The number of halogens is 3. The Kier molecular flexibility index (Phi) is 5.79. The maximum Gasteiger partial charge on any atom is 0.416 e. The lowest BCUT2D eigenvalue weighted by molar-refractivity contribution is -0.137. The van der Waals surface area contributed by atoms with Crippen LogP contribution in [0, 0.1) is 0 Å². The van der Waals surface area contributed by atoms with E-state index in [9.17, 15) is 26.4 Å². The fourth-order valence-corrected chi connectivity index (χ4v) is 4.32. The van der Waals surface area contributed by atoms with Crippen LogP contribution in [0.1, 0.15) is 40.4 Å². The van der Waals surface area contributed by atoms with Crippen molar-refractivity contribution in [1.29, 1.82) is 0 Å². The summed E-state index contributed by atoms with van der Waals surface area (Å²) in [5, 5.41) is 6.91. The van der Waals surface area contributed by atoms with Gasteiger partial charge in [-0.2, -0.15) is 18.3 Å². The Morgan fingerprint density at radius 1 is 1.12 bits per heavy atom. The molecule has 4 rings (SSSR count). The first-order valence-corrected chi connectivity index (χ1v) is 11.5. The Balaban J connectivity index is 1.62. The molecule has 0 aliphatic heterocycles. The smallest absolute Gasteiger partial charge is 0.322 e. The number of carbonyl (C=O) groups is 1. The molecule has 0 unspecified atom stereocenters. The van der Waals surface area contributed by atoms with Gasteiger partial charge in [-0.15, -0.1) is 0 Å². The van der Waals surface area contributed by atoms with Gasteiger partial charge in [-0.05, 0) is 55.3 Å². The number of alkyl halides is 3. The molecule has 1 saturated carbocycles. The van der Waals surface area contributed by atoms with Gasteiger partial charge in [-0.3, -0.25) is 4.79 Å². The predicted octanol–water partition coefficient (Wildman–Crippen LogP) is 4.27. The Hall–Kier alpha value is -3.18. The van der Waals surface area contributed by atoms with Gasteiger partial charge in [0.05, 0.1) is 33.6 Å². The summed E-state index contributed by atoms with van der Waals surface area (Å²) < 4.78 is 66.3. The highest BCUT2D eigenvalue weighted by atomic mass is 32.2. The van der Waals surface area contributed by atoms with Gasteiger partial charge in [-0.25, -0.2) is 17.4 Å². The van der Waals surface area contributed by atoms with Crippen molar-refractivity contribution in [2.75, 3.05) is 19.4 Å². The van der Waals surface area contributed by atoms with Crippen molar-refractivity contribution >= 4 is 21.6 Å². The third-order valence-electron chi connectivity index (χ3n) is 5.32. The van der Waals surface area contributed by atoms with Crippen molar-refractivity contribution in [2.45, 2.75) is 29.8 Å². The number of nitrogens with one attached hydrogen (secondary N) is 1. The molecule has 0 saturated heterocycles. The van der Waals surface area contributed by atoms with Crippen LogP contribution in [0.4, 0.5) is 18.9 Å². The fourth-order valence-electron chi connectivity index (χ4n) is 3.42. The van der Waals surface area contributed by atoms with Crippen molar-refractivity contribution in [3.63, 3.8) is 0 Å². The van der Waals surface area contributed by atoms with E-state index in [0.29, 0.717) is 11.4 Å². The molecule has 11 heteroatoms. The van der Waals surface area contributed by atoms with Crippen molar-refractivity contribution in [1.82, 2.24) is 14.1 Å². The quantitative estimate of drug-likeness (QED) is 0.574. The number of carbonyl (C=O) groups excluding carboxylic acids is 1. The van der Waals surface area contributed by atoms with E-state index in [1.165, 1.54) is 61.4 Å². The number of hydrogen-bond donors (Lipinski definition) is 1. The highest BCUT2D eigenvalue weighted by Gasteiger charge is 2.34. The van der Waals surface area contributed by atoms with E-state index in [1.807, 2.05) is 0 Å². The number of nitrogens with zero attached hydrogens (tertiary/aromatic N) is 3. The number of sulfonamides is 1. The minimum absolute atomic E-state index is 0.0235. The molecule has 1 N–H and O–H groups in total. The largest absolute Gasteiger partial charge is 0.416 e. The first-order chi connectivity index (χ1) is 15.5. The topological polar surface area (TPSA) is 84.3 Å². The van der Waals surface area contributed by atoms with E-state index in [2.05, 4.69) is 10.4 Å². The first kappa shape index (κ1) is 23.0. The Morgan fingerprint density at radius 3 is 2.36 bits per heavy atom. The van der Waals surface area contributed by atoms with Crippen LogP contribution in [0.25, 0.3) is 5.69 Å². The molecule has 1 aromatic heterocycles. The Morgan fingerprint density at radius 2 is 1.79 bits per heavy atom. The molecule has 0 spiro atoms. The zero-order valence-corrected chi connectivity index (χ0v) is 18.6. The SMILES string of the molecule is CN(C)S(=O)(=O)c1ccc(NC(=O)c2cnn(-c3cccc(C(F)(F)F)c3)c2C2CC2)cc1. The standard InChI is InChI=1S/C22H21F3N4O3S/c1-28(2)33(31,32)18-10-8-16(9-11-18)27-21(30)19-13-26-29(20(19)14-6-7-14)17-5-3-4-15(12-17)22(23,24)25/h3-5,8-14H,6-7H2,1-2H3,(H,27,30). The number of aromatic nitrogens is 2. The predicted molar refractivity (Wildman–Crippen MR) is 116 cm³/mol. The fraction of sp³-hybridized carbons (Fsp3) is 0.273. The molecule has 1 aliphatic carbocycles. The number of hydrogen-bond acceptors (Lipinski definition) is 4. The minimum atomic E-state index is -4.49. The molecular formula is C22H21F3N4O3S. The molecule has 1 amide bonds. The first-order valence-electron chi connectivity index (χ1n) is 10.1. The second kappa shape index (κ2) is 8.31. The van der Waals surface area contributed by atoms with E-state index in [4.69, 9.17) is 0 Å². The third kappa shape index (κ3) is 4.64. The van der Waals surface area contributed by atoms with Gasteiger partial charge < -0.3 is 5.32 Å². The zero-order chi connectivity index (χ0) is 24.0. The van der Waals surface area contributed by atoms with Crippen LogP contribution in [0.2, 0.25) is 0 Å². The number of anilines is 1. The highest BCUT2D eigenvalue weighted by molar-refractivity contribution is 7.89. The van der Waals surface area contributed by atoms with E-state index in [1.54, 1.807) is 0 Å². The average Bonchev–Trinajstić information content (AvgIpc) is 3.51. The van der Waals surface area contributed by atoms with Crippen LogP contribution in [-0.4, -0.2) is 42.5 Å². The van der Waals surface area contributed by atoms with Crippen LogP contribution in [0.15, 0.2) is 59.6 Å². The summed E-state index contributed by atoms with van der Waals surface area (Å²) >= 11 is 0. The summed E-state index contributed by atoms with van der Waals surface area (Å²) in [5.74, 6) is -0.450. The van der Waals surface area contributed by atoms with Crippen molar-refractivity contribution in [3.8, 4) is 5.69 Å².